The summed E-state index contributed by atoms with van der Waals surface area (Å²) < 4.78 is 0. The predicted octanol–water partition coefficient (Wildman–Crippen LogP) is 1.37. The molecule has 2 fully saturated rings. The predicted molar refractivity (Wildman–Crippen MR) is 81.1 cm³/mol. The van der Waals surface area contributed by atoms with Gasteiger partial charge in [-0.15, -0.1) is 0 Å². The van der Waals surface area contributed by atoms with E-state index in [0.717, 1.165) is 18.8 Å². The number of anilines is 1. The molecular formula is C16H21N3O2. The first-order valence-electron chi connectivity index (χ1n) is 7.63. The van der Waals surface area contributed by atoms with Crippen LogP contribution in [0.2, 0.25) is 0 Å². The lowest BCUT2D eigenvalue weighted by molar-refractivity contribution is -0.133. The number of imide groups is 1. The number of benzene rings is 1. The quantitative estimate of drug-likeness (QED) is 0.734. The minimum atomic E-state index is -0.313. The van der Waals surface area contributed by atoms with Gasteiger partial charge in [0.25, 0.3) is 0 Å². The molecule has 0 saturated carbocycles. The summed E-state index contributed by atoms with van der Waals surface area (Å²) in [5.74, 6) is 0.226. The lowest BCUT2D eigenvalue weighted by Crippen LogP contribution is -2.47. The zero-order chi connectivity index (χ0) is 14.7. The largest absolute Gasteiger partial charge is 0.374 e. The number of amides is 2. The van der Waals surface area contributed by atoms with Crippen molar-refractivity contribution in [1.82, 2.24) is 10.6 Å². The Morgan fingerprint density at radius 1 is 1.00 bits per heavy atom. The number of hydrogen-bond donors (Lipinski definition) is 3. The highest BCUT2D eigenvalue weighted by Crippen LogP contribution is 2.26. The summed E-state index contributed by atoms with van der Waals surface area (Å²) in [4.78, 5) is 22.8. The van der Waals surface area contributed by atoms with Gasteiger partial charge in [-0.25, -0.2) is 0 Å². The van der Waals surface area contributed by atoms with E-state index in [2.05, 4.69) is 28.1 Å². The van der Waals surface area contributed by atoms with Gasteiger partial charge in [0.2, 0.25) is 11.8 Å². The Labute approximate surface area is 124 Å². The number of hydrogen-bond acceptors (Lipinski definition) is 4. The van der Waals surface area contributed by atoms with Crippen molar-refractivity contribution in [2.24, 2.45) is 0 Å². The molecule has 0 bridgehead atoms. The third-order valence-electron chi connectivity index (χ3n) is 4.30. The molecule has 1 aromatic rings. The molecule has 0 radical (unpaired) electrons. The van der Waals surface area contributed by atoms with Gasteiger partial charge < -0.3 is 10.6 Å². The molecular weight excluding hydrogens is 266 g/mol. The fourth-order valence-corrected chi connectivity index (χ4v) is 3.04. The van der Waals surface area contributed by atoms with Crippen molar-refractivity contribution >= 4 is 17.5 Å². The topological polar surface area (TPSA) is 70.2 Å². The molecule has 2 aliphatic heterocycles. The second-order valence-corrected chi connectivity index (χ2v) is 5.79. The average molecular weight is 287 g/mol. The number of nitrogens with one attached hydrogen (secondary N) is 3. The monoisotopic (exact) mass is 287 g/mol. The van der Waals surface area contributed by atoms with Crippen molar-refractivity contribution in [2.75, 3.05) is 18.4 Å². The first kappa shape index (κ1) is 14.1. The van der Waals surface area contributed by atoms with E-state index in [4.69, 9.17) is 0 Å². The van der Waals surface area contributed by atoms with Crippen molar-refractivity contribution in [1.29, 1.82) is 0 Å². The van der Waals surface area contributed by atoms with E-state index in [-0.39, 0.29) is 17.9 Å². The van der Waals surface area contributed by atoms with Gasteiger partial charge >= 0.3 is 0 Å². The average Bonchev–Trinajstić information content (AvgIpc) is 2.52. The van der Waals surface area contributed by atoms with Gasteiger partial charge in [-0.1, -0.05) is 12.1 Å². The highest BCUT2D eigenvalue weighted by Gasteiger charge is 2.26. The molecule has 0 aliphatic carbocycles. The van der Waals surface area contributed by atoms with E-state index in [1.54, 1.807) is 0 Å². The molecule has 0 aromatic heterocycles. The van der Waals surface area contributed by atoms with Crippen LogP contribution in [0.1, 0.15) is 37.2 Å². The molecule has 3 rings (SSSR count). The van der Waals surface area contributed by atoms with Gasteiger partial charge in [-0.3, -0.25) is 14.9 Å². The maximum atomic E-state index is 11.7. The molecule has 3 N–H and O–H groups in total. The Balaban J connectivity index is 1.61. The van der Waals surface area contributed by atoms with Crippen LogP contribution >= 0.6 is 0 Å². The fraction of sp³-hybridized carbons (Fsp3) is 0.500. The van der Waals surface area contributed by atoms with Crippen LogP contribution in [0, 0.1) is 0 Å². The molecule has 21 heavy (non-hydrogen) atoms. The van der Waals surface area contributed by atoms with E-state index in [0.29, 0.717) is 18.8 Å². The summed E-state index contributed by atoms with van der Waals surface area (Å²) in [5, 5.41) is 8.94. The minimum Gasteiger partial charge on any atom is -0.374 e. The fourth-order valence-electron chi connectivity index (χ4n) is 3.04. The second-order valence-electron chi connectivity index (χ2n) is 5.79. The van der Waals surface area contributed by atoms with Gasteiger partial charge in [0.1, 0.15) is 6.04 Å². The standard InChI is InChI=1S/C16H21N3O2/c20-15-6-5-14(16(21)19-15)18-13-3-1-11(2-4-13)12-7-9-17-10-8-12/h1-4,12,14,17-18H,5-10H2,(H,19,20,21)/t14-/m1/s1. The molecule has 5 heteroatoms. The summed E-state index contributed by atoms with van der Waals surface area (Å²) in [7, 11) is 0. The smallest absolute Gasteiger partial charge is 0.249 e. The molecule has 1 atom stereocenters. The zero-order valence-electron chi connectivity index (χ0n) is 12.0. The van der Waals surface area contributed by atoms with Crippen molar-refractivity contribution in [3.63, 3.8) is 0 Å². The van der Waals surface area contributed by atoms with Crippen molar-refractivity contribution in [3.05, 3.63) is 29.8 Å². The van der Waals surface area contributed by atoms with Crippen LogP contribution in [0.5, 0.6) is 0 Å². The molecule has 2 saturated heterocycles. The molecule has 1 aromatic carbocycles. The van der Waals surface area contributed by atoms with E-state index in [9.17, 15) is 9.59 Å². The highest BCUT2D eigenvalue weighted by atomic mass is 16.2. The van der Waals surface area contributed by atoms with Crippen molar-refractivity contribution in [3.8, 4) is 0 Å². The van der Waals surface area contributed by atoms with Crippen LogP contribution in [0.4, 0.5) is 5.69 Å². The zero-order valence-corrected chi connectivity index (χ0v) is 12.0. The Morgan fingerprint density at radius 3 is 2.38 bits per heavy atom. The van der Waals surface area contributed by atoms with E-state index in [1.807, 2.05) is 12.1 Å². The molecule has 112 valence electrons. The molecule has 2 amide bonds. The van der Waals surface area contributed by atoms with E-state index >= 15 is 0 Å². The Morgan fingerprint density at radius 2 is 1.71 bits per heavy atom. The van der Waals surface area contributed by atoms with Crippen molar-refractivity contribution < 1.29 is 9.59 Å². The SMILES string of the molecule is O=C1CC[C@@H](Nc2ccc(C3CCNCC3)cc2)C(=O)N1. The molecule has 2 aliphatic rings. The number of rotatable bonds is 3. The van der Waals surface area contributed by atoms with Gasteiger partial charge in [0.15, 0.2) is 0 Å². The first-order chi connectivity index (χ1) is 10.2. The van der Waals surface area contributed by atoms with Gasteiger partial charge in [-0.05, 0) is 56.0 Å². The normalized spacial score (nSPS) is 23.7. The molecule has 2 heterocycles. The maximum absolute atomic E-state index is 11.7. The molecule has 0 spiro atoms. The lowest BCUT2D eigenvalue weighted by atomic mass is 9.90. The second kappa shape index (κ2) is 6.26. The maximum Gasteiger partial charge on any atom is 0.249 e. The summed E-state index contributed by atoms with van der Waals surface area (Å²) in [6, 6.07) is 8.03. The van der Waals surface area contributed by atoms with Gasteiger partial charge in [0, 0.05) is 12.1 Å². The van der Waals surface area contributed by atoms with Crippen LogP contribution < -0.4 is 16.0 Å². The number of carbonyl (C=O) groups excluding carboxylic acids is 2. The molecule has 0 unspecified atom stereocenters. The van der Waals surface area contributed by atoms with Crippen LogP contribution in [-0.2, 0) is 9.59 Å². The first-order valence-corrected chi connectivity index (χ1v) is 7.63. The van der Waals surface area contributed by atoms with Crippen LogP contribution in [0.15, 0.2) is 24.3 Å². The van der Waals surface area contributed by atoms with Crippen LogP contribution in [0.25, 0.3) is 0 Å². The number of carbonyl (C=O) groups is 2. The third kappa shape index (κ3) is 3.42. The lowest BCUT2D eigenvalue weighted by Gasteiger charge is -2.24. The van der Waals surface area contributed by atoms with E-state index < -0.39 is 0 Å². The van der Waals surface area contributed by atoms with Crippen LogP contribution in [-0.4, -0.2) is 30.9 Å². The van der Waals surface area contributed by atoms with Crippen LogP contribution in [0.3, 0.4) is 0 Å². The van der Waals surface area contributed by atoms with E-state index in [1.165, 1.54) is 18.4 Å². The van der Waals surface area contributed by atoms with Gasteiger partial charge in [-0.2, -0.15) is 0 Å². The summed E-state index contributed by atoms with van der Waals surface area (Å²) in [6.45, 7) is 2.17. The van der Waals surface area contributed by atoms with Gasteiger partial charge in [0.05, 0.1) is 0 Å². The molecule has 5 nitrogen and oxygen atoms in total. The summed E-state index contributed by atoms with van der Waals surface area (Å²) in [5.41, 5.74) is 2.30. The Kier molecular flexibility index (Phi) is 4.20. The Hall–Kier alpha value is -1.88. The third-order valence-corrected chi connectivity index (χ3v) is 4.30. The Bertz CT molecular complexity index is 521. The summed E-state index contributed by atoms with van der Waals surface area (Å²) in [6.07, 6.45) is 3.32. The minimum absolute atomic E-state index is 0.181. The summed E-state index contributed by atoms with van der Waals surface area (Å²) >= 11 is 0. The number of piperidine rings is 2. The van der Waals surface area contributed by atoms with Crippen molar-refractivity contribution in [2.45, 2.75) is 37.6 Å². The highest BCUT2D eigenvalue weighted by molar-refractivity contribution is 6.01.